The maximum Gasteiger partial charge on any atom is 0.340 e. The molecule has 1 fully saturated rings. The minimum absolute atomic E-state index is 0.189. The predicted molar refractivity (Wildman–Crippen MR) is 76.5 cm³/mol. The van der Waals surface area contributed by atoms with Crippen molar-refractivity contribution in [1.82, 2.24) is 4.90 Å². The van der Waals surface area contributed by atoms with E-state index in [1.807, 2.05) is 0 Å². The summed E-state index contributed by atoms with van der Waals surface area (Å²) < 4.78 is 13.4. The van der Waals surface area contributed by atoms with Crippen molar-refractivity contribution in [1.29, 1.82) is 0 Å². The van der Waals surface area contributed by atoms with Gasteiger partial charge < -0.3 is 16.2 Å². The van der Waals surface area contributed by atoms with E-state index in [9.17, 15) is 9.18 Å². The van der Waals surface area contributed by atoms with Crippen molar-refractivity contribution in [2.45, 2.75) is 25.8 Å². The Hall–Kier alpha value is -1.82. The molecule has 5 nitrogen and oxygen atoms in total. The molecule has 1 saturated heterocycles. The standard InChI is InChI=1S/C14H20FN3O2/c1-2-18-7-3-4-9(18)8-17-11-6-5-10(15)13(16)12(11)14(19)20/h5-6,9,17H,2-4,7-8,16H2,1H3,(H,19,20). The molecule has 2 rings (SSSR count). The summed E-state index contributed by atoms with van der Waals surface area (Å²) in [6.45, 7) is 4.79. The monoisotopic (exact) mass is 281 g/mol. The summed E-state index contributed by atoms with van der Waals surface area (Å²) in [5, 5.41) is 12.3. The van der Waals surface area contributed by atoms with Gasteiger partial charge in [-0.3, -0.25) is 4.90 Å². The van der Waals surface area contributed by atoms with E-state index in [0.717, 1.165) is 25.9 Å². The number of hydrogen-bond donors (Lipinski definition) is 3. The Labute approximate surface area is 117 Å². The normalized spacial score (nSPS) is 19.2. The molecule has 1 atom stereocenters. The molecule has 1 aromatic carbocycles. The minimum Gasteiger partial charge on any atom is -0.478 e. The minimum atomic E-state index is -1.22. The Balaban J connectivity index is 2.13. The van der Waals surface area contributed by atoms with E-state index in [2.05, 4.69) is 17.1 Å². The van der Waals surface area contributed by atoms with Crippen molar-refractivity contribution in [2.24, 2.45) is 0 Å². The van der Waals surface area contributed by atoms with Crippen LogP contribution < -0.4 is 11.1 Å². The predicted octanol–water partition coefficient (Wildman–Crippen LogP) is 2.00. The van der Waals surface area contributed by atoms with Gasteiger partial charge in [0.15, 0.2) is 0 Å². The van der Waals surface area contributed by atoms with Gasteiger partial charge in [0.25, 0.3) is 0 Å². The Morgan fingerprint density at radius 2 is 2.35 bits per heavy atom. The highest BCUT2D eigenvalue weighted by Gasteiger charge is 2.24. The number of aromatic carboxylic acids is 1. The Bertz CT molecular complexity index is 507. The van der Waals surface area contributed by atoms with E-state index < -0.39 is 11.8 Å². The van der Waals surface area contributed by atoms with Crippen molar-refractivity contribution in [2.75, 3.05) is 30.7 Å². The van der Waals surface area contributed by atoms with E-state index in [0.29, 0.717) is 18.3 Å². The lowest BCUT2D eigenvalue weighted by molar-refractivity contribution is 0.0698. The number of likely N-dealkylation sites (tertiary alicyclic amines) is 1. The Morgan fingerprint density at radius 1 is 1.60 bits per heavy atom. The van der Waals surface area contributed by atoms with Gasteiger partial charge in [-0.1, -0.05) is 6.92 Å². The molecule has 1 unspecified atom stereocenters. The zero-order valence-corrected chi connectivity index (χ0v) is 11.5. The zero-order valence-electron chi connectivity index (χ0n) is 11.5. The number of carboxylic acids is 1. The third-order valence-electron chi connectivity index (χ3n) is 3.84. The molecule has 0 bridgehead atoms. The van der Waals surface area contributed by atoms with Gasteiger partial charge in [0.2, 0.25) is 0 Å². The highest BCUT2D eigenvalue weighted by atomic mass is 19.1. The van der Waals surface area contributed by atoms with Crippen LogP contribution in [0.2, 0.25) is 0 Å². The molecule has 20 heavy (non-hydrogen) atoms. The van der Waals surface area contributed by atoms with E-state index >= 15 is 0 Å². The second kappa shape index (κ2) is 6.09. The molecule has 110 valence electrons. The summed E-state index contributed by atoms with van der Waals surface area (Å²) in [6, 6.07) is 3.00. The van der Waals surface area contributed by atoms with Gasteiger partial charge >= 0.3 is 5.97 Å². The topological polar surface area (TPSA) is 78.6 Å². The molecule has 0 radical (unpaired) electrons. The molecular weight excluding hydrogens is 261 g/mol. The summed E-state index contributed by atoms with van der Waals surface area (Å²) in [5.74, 6) is -1.92. The molecule has 0 aliphatic carbocycles. The number of halogens is 1. The number of carbonyl (C=O) groups is 1. The summed E-state index contributed by atoms with van der Waals surface area (Å²) in [5.41, 5.74) is 5.38. The SMILES string of the molecule is CCN1CCCC1CNc1ccc(F)c(N)c1C(=O)O. The molecule has 0 spiro atoms. The number of nitrogens with two attached hydrogens (primary N) is 1. The van der Waals surface area contributed by atoms with Crippen LogP contribution in [-0.2, 0) is 0 Å². The third kappa shape index (κ3) is 2.85. The lowest BCUT2D eigenvalue weighted by atomic mass is 10.1. The van der Waals surface area contributed by atoms with Gasteiger partial charge in [-0.2, -0.15) is 0 Å². The number of nitrogens with one attached hydrogen (secondary N) is 1. The fourth-order valence-electron chi connectivity index (χ4n) is 2.74. The van der Waals surface area contributed by atoms with Gasteiger partial charge in [-0.05, 0) is 38.1 Å². The van der Waals surface area contributed by atoms with Crippen molar-refractivity contribution in [3.63, 3.8) is 0 Å². The second-order valence-corrected chi connectivity index (χ2v) is 4.99. The third-order valence-corrected chi connectivity index (χ3v) is 3.84. The van der Waals surface area contributed by atoms with Gasteiger partial charge in [-0.25, -0.2) is 9.18 Å². The fraction of sp³-hybridized carbons (Fsp3) is 0.500. The van der Waals surface area contributed by atoms with Crippen LogP contribution in [-0.4, -0.2) is 41.7 Å². The van der Waals surface area contributed by atoms with Crippen LogP contribution in [0.3, 0.4) is 0 Å². The maximum absolute atomic E-state index is 13.4. The first-order valence-corrected chi connectivity index (χ1v) is 6.83. The molecule has 1 aliphatic rings. The van der Waals surface area contributed by atoms with Gasteiger partial charge in [0, 0.05) is 12.6 Å². The number of carboxylic acid groups (broad SMARTS) is 1. The van der Waals surface area contributed by atoms with Crippen LogP contribution in [0.1, 0.15) is 30.1 Å². The average molecular weight is 281 g/mol. The number of nitrogen functional groups attached to an aromatic ring is 1. The van der Waals surface area contributed by atoms with Gasteiger partial charge in [-0.15, -0.1) is 0 Å². The number of anilines is 2. The lowest BCUT2D eigenvalue weighted by Gasteiger charge is -2.24. The fourth-order valence-corrected chi connectivity index (χ4v) is 2.74. The Kier molecular flexibility index (Phi) is 4.44. The van der Waals surface area contributed by atoms with Crippen molar-refractivity contribution < 1.29 is 14.3 Å². The second-order valence-electron chi connectivity index (χ2n) is 4.99. The van der Waals surface area contributed by atoms with Crippen LogP contribution in [0.4, 0.5) is 15.8 Å². The Morgan fingerprint density at radius 3 is 3.00 bits per heavy atom. The highest BCUT2D eigenvalue weighted by molar-refractivity contribution is 6.00. The van der Waals surface area contributed by atoms with E-state index in [-0.39, 0.29) is 11.3 Å². The summed E-state index contributed by atoms with van der Waals surface area (Å²) >= 11 is 0. The molecule has 1 aromatic rings. The number of nitrogens with zero attached hydrogens (tertiary/aromatic N) is 1. The molecule has 1 aliphatic heterocycles. The molecular formula is C14H20FN3O2. The van der Waals surface area contributed by atoms with Crippen molar-refractivity contribution >= 4 is 17.3 Å². The first kappa shape index (κ1) is 14.6. The summed E-state index contributed by atoms with van der Waals surface area (Å²) in [4.78, 5) is 13.6. The quantitative estimate of drug-likeness (QED) is 0.719. The number of likely N-dealkylation sites (N-methyl/N-ethyl adjacent to an activating group) is 1. The molecule has 0 saturated carbocycles. The van der Waals surface area contributed by atoms with Crippen LogP contribution in [0, 0.1) is 5.82 Å². The number of hydrogen-bond acceptors (Lipinski definition) is 4. The van der Waals surface area contributed by atoms with Crippen molar-refractivity contribution in [3.8, 4) is 0 Å². The lowest BCUT2D eigenvalue weighted by Crippen LogP contribution is -2.34. The summed E-state index contributed by atoms with van der Waals surface area (Å²) in [7, 11) is 0. The first-order chi connectivity index (χ1) is 9.54. The molecule has 0 aromatic heterocycles. The molecule has 1 heterocycles. The molecule has 0 amide bonds. The summed E-state index contributed by atoms with van der Waals surface area (Å²) in [6.07, 6.45) is 2.23. The highest BCUT2D eigenvalue weighted by Crippen LogP contribution is 2.26. The molecule has 6 heteroatoms. The van der Waals surface area contributed by atoms with E-state index in [1.165, 1.54) is 12.1 Å². The smallest absolute Gasteiger partial charge is 0.340 e. The van der Waals surface area contributed by atoms with Crippen molar-refractivity contribution in [3.05, 3.63) is 23.5 Å². The van der Waals surface area contributed by atoms with Crippen LogP contribution in [0.15, 0.2) is 12.1 Å². The van der Waals surface area contributed by atoms with E-state index in [1.54, 1.807) is 0 Å². The van der Waals surface area contributed by atoms with Gasteiger partial charge in [0.1, 0.15) is 11.4 Å². The zero-order chi connectivity index (χ0) is 14.7. The number of rotatable bonds is 5. The number of benzene rings is 1. The van der Waals surface area contributed by atoms with Gasteiger partial charge in [0.05, 0.1) is 11.4 Å². The first-order valence-electron chi connectivity index (χ1n) is 6.83. The van der Waals surface area contributed by atoms with Crippen LogP contribution in [0.5, 0.6) is 0 Å². The largest absolute Gasteiger partial charge is 0.478 e. The van der Waals surface area contributed by atoms with Crippen LogP contribution in [0.25, 0.3) is 0 Å². The average Bonchev–Trinajstić information content (AvgIpc) is 2.87. The van der Waals surface area contributed by atoms with E-state index in [4.69, 9.17) is 10.8 Å². The maximum atomic E-state index is 13.4. The molecule has 4 N–H and O–H groups in total. The van der Waals surface area contributed by atoms with Crippen LogP contribution >= 0.6 is 0 Å².